The highest BCUT2D eigenvalue weighted by Crippen LogP contribution is 2.64. The average molecular weight is 343 g/mol. The first kappa shape index (κ1) is 16.6. The fraction of sp³-hybridized carbons (Fsp3) is 0.812. The highest BCUT2D eigenvalue weighted by molar-refractivity contribution is 6.24. The minimum Gasteiger partial charge on any atom is -0.452 e. The summed E-state index contributed by atoms with van der Waals surface area (Å²) in [6, 6.07) is -0.618. The second-order valence-electron chi connectivity index (χ2n) is 7.51. The van der Waals surface area contributed by atoms with Crippen LogP contribution in [0.5, 0.6) is 0 Å². The molecule has 0 aromatic heterocycles. The van der Waals surface area contributed by atoms with Crippen LogP contribution in [0, 0.1) is 17.3 Å². The van der Waals surface area contributed by atoms with Gasteiger partial charge in [0.05, 0.1) is 5.41 Å². The number of rotatable bonds is 3. The monoisotopic (exact) mass is 342 g/mol. The SMILES string of the molecule is CNC(=O)NC(=O)C(C)OC(=O)C12CC3CC(CC(Cl)(C3)C1)C2. The van der Waals surface area contributed by atoms with Crippen LogP contribution in [-0.2, 0) is 14.3 Å². The molecule has 3 unspecified atom stereocenters. The van der Waals surface area contributed by atoms with Crippen LogP contribution in [0.3, 0.4) is 0 Å². The van der Waals surface area contributed by atoms with Crippen molar-refractivity contribution < 1.29 is 19.1 Å². The van der Waals surface area contributed by atoms with Gasteiger partial charge in [-0.25, -0.2) is 4.79 Å². The van der Waals surface area contributed by atoms with Gasteiger partial charge in [0.1, 0.15) is 0 Å². The number of imide groups is 1. The van der Waals surface area contributed by atoms with Gasteiger partial charge in [-0.3, -0.25) is 14.9 Å². The molecule has 0 aliphatic heterocycles. The molecule has 4 bridgehead atoms. The summed E-state index contributed by atoms with van der Waals surface area (Å²) in [7, 11) is 1.41. The van der Waals surface area contributed by atoms with E-state index in [9.17, 15) is 14.4 Å². The standard InChI is InChI=1S/C16H23ClN2O4/c1-9(12(20)19-14(22)18-2)23-13(21)15-4-10-3-11(5-15)7-16(17,6-10)8-15/h9-11H,3-8H2,1-2H3,(H2,18,19,20,22). The number of alkyl halides is 1. The third kappa shape index (κ3) is 3.05. The Morgan fingerprint density at radius 1 is 1.17 bits per heavy atom. The molecule has 0 aromatic carbocycles. The van der Waals surface area contributed by atoms with E-state index in [0.717, 1.165) is 32.1 Å². The van der Waals surface area contributed by atoms with E-state index in [1.807, 2.05) is 0 Å². The Balaban J connectivity index is 1.66. The summed E-state index contributed by atoms with van der Waals surface area (Å²) < 4.78 is 5.40. The minimum absolute atomic E-state index is 0.281. The van der Waals surface area contributed by atoms with Crippen LogP contribution in [0.2, 0.25) is 0 Å². The average Bonchev–Trinajstić information content (AvgIpc) is 2.44. The van der Waals surface area contributed by atoms with Crippen LogP contribution in [0.15, 0.2) is 0 Å². The molecule has 4 aliphatic rings. The van der Waals surface area contributed by atoms with Crippen LogP contribution in [0.25, 0.3) is 0 Å². The Hall–Kier alpha value is -1.30. The Labute approximate surface area is 140 Å². The van der Waals surface area contributed by atoms with Gasteiger partial charge in [-0.15, -0.1) is 11.6 Å². The van der Waals surface area contributed by atoms with E-state index in [1.54, 1.807) is 0 Å². The maximum atomic E-state index is 12.7. The molecule has 0 heterocycles. The largest absolute Gasteiger partial charge is 0.452 e. The van der Waals surface area contributed by atoms with Crippen molar-refractivity contribution in [1.82, 2.24) is 10.6 Å². The van der Waals surface area contributed by atoms with Crippen molar-refractivity contribution in [3.8, 4) is 0 Å². The normalized spacial score (nSPS) is 38.7. The van der Waals surface area contributed by atoms with Crippen LogP contribution < -0.4 is 10.6 Å². The third-order valence-electron chi connectivity index (χ3n) is 5.54. The lowest BCUT2D eigenvalue weighted by molar-refractivity contribution is -0.177. The molecule has 7 heteroatoms. The van der Waals surface area contributed by atoms with E-state index in [1.165, 1.54) is 14.0 Å². The van der Waals surface area contributed by atoms with Crippen LogP contribution in [-0.4, -0.2) is 35.9 Å². The Morgan fingerprint density at radius 3 is 2.30 bits per heavy atom. The van der Waals surface area contributed by atoms with Crippen LogP contribution >= 0.6 is 11.6 Å². The number of hydrogen-bond acceptors (Lipinski definition) is 4. The number of esters is 1. The quantitative estimate of drug-likeness (QED) is 0.606. The van der Waals surface area contributed by atoms with Gasteiger partial charge in [0.15, 0.2) is 6.10 Å². The number of amides is 3. The fourth-order valence-electron chi connectivity index (χ4n) is 5.00. The Bertz CT molecular complexity index is 536. The van der Waals surface area contributed by atoms with E-state index >= 15 is 0 Å². The number of carbonyl (C=O) groups excluding carboxylic acids is 3. The number of urea groups is 1. The molecule has 4 aliphatic carbocycles. The molecule has 3 amide bonds. The molecule has 23 heavy (non-hydrogen) atoms. The topological polar surface area (TPSA) is 84.5 Å². The summed E-state index contributed by atoms with van der Waals surface area (Å²) in [6.45, 7) is 1.48. The Kier molecular flexibility index (Phi) is 4.07. The van der Waals surface area contributed by atoms with Crippen molar-refractivity contribution in [2.45, 2.75) is 56.4 Å². The smallest absolute Gasteiger partial charge is 0.321 e. The van der Waals surface area contributed by atoms with Gasteiger partial charge in [0, 0.05) is 11.9 Å². The molecule has 2 N–H and O–H groups in total. The molecule has 4 fully saturated rings. The summed E-state index contributed by atoms with van der Waals surface area (Å²) in [5, 5.41) is 4.41. The lowest BCUT2D eigenvalue weighted by Gasteiger charge is -2.58. The van der Waals surface area contributed by atoms with E-state index in [2.05, 4.69) is 10.6 Å². The van der Waals surface area contributed by atoms with Gasteiger partial charge >= 0.3 is 12.0 Å². The van der Waals surface area contributed by atoms with Gasteiger partial charge in [-0.1, -0.05) is 0 Å². The van der Waals surface area contributed by atoms with Gasteiger partial charge in [-0.2, -0.15) is 0 Å². The van der Waals surface area contributed by atoms with E-state index in [4.69, 9.17) is 16.3 Å². The molecule has 0 saturated heterocycles. The molecular weight excluding hydrogens is 320 g/mol. The van der Waals surface area contributed by atoms with E-state index in [0.29, 0.717) is 18.3 Å². The molecule has 0 radical (unpaired) electrons. The minimum atomic E-state index is -1.00. The number of halogens is 1. The predicted octanol–water partition coefficient (Wildman–Crippen LogP) is 1.95. The maximum Gasteiger partial charge on any atom is 0.321 e. The molecule has 128 valence electrons. The van der Waals surface area contributed by atoms with Gasteiger partial charge in [0.2, 0.25) is 0 Å². The lowest BCUT2D eigenvalue weighted by atomic mass is 9.49. The van der Waals surface area contributed by atoms with Crippen molar-refractivity contribution in [3.05, 3.63) is 0 Å². The summed E-state index contributed by atoms with van der Waals surface area (Å²) in [5.74, 6) is 0.00630. The van der Waals surface area contributed by atoms with Crippen molar-refractivity contribution in [2.24, 2.45) is 17.3 Å². The van der Waals surface area contributed by atoms with Crippen LogP contribution in [0.4, 0.5) is 4.79 Å². The molecule has 6 nitrogen and oxygen atoms in total. The Morgan fingerprint density at radius 2 is 1.78 bits per heavy atom. The maximum absolute atomic E-state index is 12.7. The van der Waals surface area contributed by atoms with Gasteiger partial charge in [0.25, 0.3) is 5.91 Å². The second kappa shape index (κ2) is 5.65. The van der Waals surface area contributed by atoms with Gasteiger partial charge < -0.3 is 10.1 Å². The zero-order valence-electron chi connectivity index (χ0n) is 13.5. The first-order valence-corrected chi connectivity index (χ1v) is 8.56. The number of hydrogen-bond donors (Lipinski definition) is 2. The summed E-state index contributed by atoms with van der Waals surface area (Å²) >= 11 is 6.71. The highest BCUT2D eigenvalue weighted by Gasteiger charge is 2.61. The molecule has 3 atom stereocenters. The number of carbonyl (C=O) groups is 3. The van der Waals surface area contributed by atoms with Crippen molar-refractivity contribution in [2.75, 3.05) is 7.05 Å². The molecule has 0 aromatic rings. The number of nitrogens with one attached hydrogen (secondary N) is 2. The van der Waals surface area contributed by atoms with E-state index in [-0.39, 0.29) is 10.8 Å². The molecular formula is C16H23ClN2O4. The van der Waals surface area contributed by atoms with Gasteiger partial charge in [-0.05, 0) is 57.3 Å². The summed E-state index contributed by atoms with van der Waals surface area (Å²) in [5.41, 5.74) is -0.548. The molecule has 0 spiro atoms. The van der Waals surface area contributed by atoms with Crippen molar-refractivity contribution in [3.63, 3.8) is 0 Å². The highest BCUT2D eigenvalue weighted by atomic mass is 35.5. The lowest BCUT2D eigenvalue weighted by Crippen LogP contribution is -2.57. The summed E-state index contributed by atoms with van der Waals surface area (Å²) in [6.07, 6.45) is 4.35. The second-order valence-corrected chi connectivity index (χ2v) is 8.31. The zero-order valence-corrected chi connectivity index (χ0v) is 14.2. The zero-order chi connectivity index (χ0) is 16.8. The number of ether oxygens (including phenoxy) is 1. The summed E-state index contributed by atoms with van der Waals surface area (Å²) in [4.78, 5) is 35.5. The first-order valence-electron chi connectivity index (χ1n) is 8.18. The van der Waals surface area contributed by atoms with Crippen LogP contribution in [0.1, 0.15) is 45.4 Å². The van der Waals surface area contributed by atoms with Crippen molar-refractivity contribution >= 4 is 29.5 Å². The predicted molar refractivity (Wildman–Crippen MR) is 83.9 cm³/mol. The molecule has 4 rings (SSSR count). The van der Waals surface area contributed by atoms with Crippen molar-refractivity contribution in [1.29, 1.82) is 0 Å². The third-order valence-corrected chi connectivity index (χ3v) is 5.98. The fourth-order valence-corrected chi connectivity index (χ4v) is 5.70. The van der Waals surface area contributed by atoms with E-state index < -0.39 is 23.5 Å². The first-order chi connectivity index (χ1) is 10.8. The molecule has 4 saturated carbocycles.